The molecule has 0 saturated carbocycles. The van der Waals surface area contributed by atoms with Crippen LogP contribution in [0.25, 0.3) is 0 Å². The largest absolute Gasteiger partial charge is 0.647 e. The van der Waals surface area contributed by atoms with E-state index in [2.05, 4.69) is 0 Å². The summed E-state index contributed by atoms with van der Waals surface area (Å²) in [6.45, 7) is 0. The number of phosphoric ester groups is 1. The van der Waals surface area contributed by atoms with Gasteiger partial charge in [-0.05, 0) is 36.4 Å². The van der Waals surface area contributed by atoms with E-state index in [4.69, 9.17) is 13.6 Å². The van der Waals surface area contributed by atoms with Crippen molar-refractivity contribution in [3.63, 3.8) is 0 Å². The molecule has 0 atom stereocenters. The summed E-state index contributed by atoms with van der Waals surface area (Å²) in [5.74, 6) is -5.39. The van der Waals surface area contributed by atoms with Gasteiger partial charge in [0.15, 0.2) is 0 Å². The molecule has 10 nitrogen and oxygen atoms in total. The Balaban J connectivity index is 2.10. The average molecular weight is 458 g/mol. The number of hydrogen-bond donors (Lipinski definition) is 3. The fourth-order valence-electron chi connectivity index (χ4n) is 2.59. The van der Waals surface area contributed by atoms with Gasteiger partial charge >= 0.3 is 25.7 Å². The Morgan fingerprint density at radius 1 is 0.531 bits per heavy atom. The molecular formula is C21H15O10P. The summed E-state index contributed by atoms with van der Waals surface area (Å²) in [5.41, 5.74) is -1.13. The lowest BCUT2D eigenvalue weighted by Crippen LogP contribution is -2.13. The predicted molar refractivity (Wildman–Crippen MR) is 110 cm³/mol. The van der Waals surface area contributed by atoms with Gasteiger partial charge in [0.05, 0.1) is 0 Å². The van der Waals surface area contributed by atoms with E-state index in [1.54, 1.807) is 0 Å². The summed E-state index contributed by atoms with van der Waals surface area (Å²) in [4.78, 5) is 34.5. The van der Waals surface area contributed by atoms with Gasteiger partial charge in [-0.2, -0.15) is 4.57 Å². The molecule has 3 rings (SSSR count). The number of para-hydroxylation sites is 3. The van der Waals surface area contributed by atoms with Crippen LogP contribution < -0.4 is 13.6 Å². The van der Waals surface area contributed by atoms with E-state index in [1.165, 1.54) is 72.8 Å². The van der Waals surface area contributed by atoms with E-state index in [0.717, 1.165) is 0 Å². The second-order valence-corrected chi connectivity index (χ2v) is 7.57. The molecule has 0 heterocycles. The minimum atomic E-state index is -4.87. The Labute approximate surface area is 180 Å². The molecule has 0 radical (unpaired) electrons. The van der Waals surface area contributed by atoms with Crippen molar-refractivity contribution in [2.75, 3.05) is 0 Å². The number of carbonyl (C=O) groups is 3. The topological polar surface area (TPSA) is 157 Å². The van der Waals surface area contributed by atoms with Gasteiger partial charge in [0.25, 0.3) is 0 Å². The molecule has 0 aromatic heterocycles. The first kappa shape index (κ1) is 22.4. The number of phosphoric acid groups is 1. The van der Waals surface area contributed by atoms with Crippen LogP contribution in [0.5, 0.6) is 17.2 Å². The number of carboxylic acid groups (broad SMARTS) is 3. The molecule has 3 N–H and O–H groups in total. The Morgan fingerprint density at radius 2 is 0.781 bits per heavy atom. The first-order chi connectivity index (χ1) is 15.2. The van der Waals surface area contributed by atoms with Crippen LogP contribution in [-0.4, -0.2) is 33.2 Å². The normalized spacial score (nSPS) is 10.8. The lowest BCUT2D eigenvalue weighted by molar-refractivity contribution is 0.0684. The van der Waals surface area contributed by atoms with Crippen molar-refractivity contribution in [3.05, 3.63) is 89.5 Å². The maximum Gasteiger partial charge on any atom is 0.647 e. The zero-order chi connectivity index (χ0) is 23.3. The van der Waals surface area contributed by atoms with Crippen molar-refractivity contribution in [1.82, 2.24) is 0 Å². The molecule has 0 aliphatic heterocycles. The summed E-state index contributed by atoms with van der Waals surface area (Å²) in [7, 11) is -4.87. The standard InChI is InChI=1S/C21H15O10P/c22-19(23)13-7-1-4-10-16(13)29-32(28,30-17-11-5-2-8-14(17)20(24)25)31-18-12-6-3-9-15(18)21(26)27/h1-12H,(H,22,23)(H,24,25)(H,26,27). The van der Waals surface area contributed by atoms with Crippen molar-refractivity contribution in [3.8, 4) is 17.2 Å². The molecule has 11 heteroatoms. The molecule has 3 aromatic rings. The smallest absolute Gasteiger partial charge is 0.478 e. The number of aromatic carboxylic acids is 3. The Bertz CT molecular complexity index is 1090. The summed E-state index contributed by atoms with van der Waals surface area (Å²) < 4.78 is 29.5. The zero-order valence-electron chi connectivity index (χ0n) is 16.1. The molecule has 0 aliphatic rings. The summed E-state index contributed by atoms with van der Waals surface area (Å²) in [6, 6.07) is 15.5. The monoisotopic (exact) mass is 458 g/mol. The molecule has 0 unspecified atom stereocenters. The predicted octanol–water partition coefficient (Wildman–Crippen LogP) is 4.43. The Hall–Kier alpha value is -4.30. The molecule has 0 aliphatic carbocycles. The van der Waals surface area contributed by atoms with E-state index in [-0.39, 0.29) is 16.7 Å². The third kappa shape index (κ3) is 5.05. The molecular weight excluding hydrogens is 443 g/mol. The number of rotatable bonds is 9. The third-order valence-corrected chi connectivity index (χ3v) is 5.24. The van der Waals surface area contributed by atoms with Gasteiger partial charge < -0.3 is 28.9 Å². The van der Waals surface area contributed by atoms with Gasteiger partial charge in [-0.1, -0.05) is 36.4 Å². The lowest BCUT2D eigenvalue weighted by Gasteiger charge is -2.21. The summed E-state index contributed by atoms with van der Waals surface area (Å²) in [6.07, 6.45) is 0. The molecule has 0 bridgehead atoms. The van der Waals surface area contributed by atoms with Crippen molar-refractivity contribution in [2.45, 2.75) is 0 Å². The third-order valence-electron chi connectivity index (χ3n) is 3.98. The van der Waals surface area contributed by atoms with Crippen molar-refractivity contribution >= 4 is 25.7 Å². The Morgan fingerprint density at radius 3 is 1.03 bits per heavy atom. The lowest BCUT2D eigenvalue weighted by atomic mass is 10.2. The molecule has 0 saturated heterocycles. The number of benzene rings is 3. The van der Waals surface area contributed by atoms with E-state index >= 15 is 0 Å². The van der Waals surface area contributed by atoms with Crippen molar-refractivity contribution in [2.24, 2.45) is 0 Å². The zero-order valence-corrected chi connectivity index (χ0v) is 17.0. The second kappa shape index (κ2) is 9.23. The van der Waals surface area contributed by atoms with Gasteiger partial charge in [0.2, 0.25) is 0 Å². The van der Waals surface area contributed by atoms with Crippen LogP contribution in [0.4, 0.5) is 0 Å². The van der Waals surface area contributed by atoms with Crippen LogP contribution >= 0.6 is 7.82 Å². The molecule has 0 amide bonds. The van der Waals surface area contributed by atoms with Crippen LogP contribution in [0.1, 0.15) is 31.1 Å². The molecule has 164 valence electrons. The SMILES string of the molecule is O=C(O)c1ccccc1OP(=O)(Oc1ccccc1C(=O)O)Oc1ccccc1C(=O)O. The Kier molecular flexibility index (Phi) is 6.46. The summed E-state index contributed by atoms with van der Waals surface area (Å²) in [5, 5.41) is 28.1. The number of hydrogen-bond acceptors (Lipinski definition) is 7. The fraction of sp³-hybridized carbons (Fsp3) is 0. The van der Waals surface area contributed by atoms with Crippen LogP contribution in [-0.2, 0) is 4.57 Å². The van der Waals surface area contributed by atoms with Crippen molar-refractivity contribution in [1.29, 1.82) is 0 Å². The van der Waals surface area contributed by atoms with E-state index in [9.17, 15) is 34.3 Å². The molecule has 3 aromatic carbocycles. The first-order valence-electron chi connectivity index (χ1n) is 8.86. The van der Waals surface area contributed by atoms with Crippen LogP contribution in [0.3, 0.4) is 0 Å². The van der Waals surface area contributed by atoms with Gasteiger partial charge in [-0.25, -0.2) is 14.4 Å². The van der Waals surface area contributed by atoms with E-state index in [0.29, 0.717) is 0 Å². The highest BCUT2D eigenvalue weighted by atomic mass is 31.2. The fourth-order valence-corrected chi connectivity index (χ4v) is 3.90. The minimum Gasteiger partial charge on any atom is -0.478 e. The quantitative estimate of drug-likeness (QED) is 0.392. The minimum absolute atomic E-state index is 0.377. The summed E-state index contributed by atoms with van der Waals surface area (Å²) >= 11 is 0. The second-order valence-electron chi connectivity index (χ2n) is 6.13. The first-order valence-corrected chi connectivity index (χ1v) is 10.3. The average Bonchev–Trinajstić information content (AvgIpc) is 2.74. The van der Waals surface area contributed by atoms with E-state index < -0.39 is 43.0 Å². The van der Waals surface area contributed by atoms with Crippen LogP contribution in [0, 0.1) is 0 Å². The van der Waals surface area contributed by atoms with Crippen LogP contribution in [0.15, 0.2) is 72.8 Å². The molecule has 0 spiro atoms. The highest BCUT2D eigenvalue weighted by molar-refractivity contribution is 7.49. The molecule has 32 heavy (non-hydrogen) atoms. The maximum atomic E-state index is 13.6. The molecule has 0 fully saturated rings. The number of carboxylic acids is 3. The van der Waals surface area contributed by atoms with Crippen LogP contribution in [0.2, 0.25) is 0 Å². The highest BCUT2D eigenvalue weighted by Gasteiger charge is 2.37. The van der Waals surface area contributed by atoms with Gasteiger partial charge in [0.1, 0.15) is 33.9 Å². The van der Waals surface area contributed by atoms with Gasteiger partial charge in [-0.3, -0.25) is 0 Å². The van der Waals surface area contributed by atoms with Crippen molar-refractivity contribution < 1.29 is 47.8 Å². The van der Waals surface area contributed by atoms with Gasteiger partial charge in [-0.15, -0.1) is 0 Å². The van der Waals surface area contributed by atoms with Gasteiger partial charge in [0, 0.05) is 0 Å². The highest BCUT2D eigenvalue weighted by Crippen LogP contribution is 2.51. The van der Waals surface area contributed by atoms with E-state index in [1.807, 2.05) is 0 Å². The maximum absolute atomic E-state index is 13.6.